The molecule has 2 N–H and O–H groups in total. The molecule has 0 saturated heterocycles. The Kier molecular flexibility index (Phi) is 5.69. The maximum atomic E-state index is 12.3. The van der Waals surface area contributed by atoms with Crippen LogP contribution in [0.2, 0.25) is 0 Å². The molecule has 0 aromatic heterocycles. The Morgan fingerprint density at radius 1 is 1.04 bits per heavy atom. The minimum atomic E-state index is -0.135. The van der Waals surface area contributed by atoms with Gasteiger partial charge in [-0.15, -0.1) is 0 Å². The fraction of sp³-hybridized carbons (Fsp3) is 0.429. The molecule has 2 amide bonds. The molecule has 3 rings (SSSR count). The number of carbonyl (C=O) groups excluding carboxylic acids is 2. The van der Waals surface area contributed by atoms with Gasteiger partial charge in [0.15, 0.2) is 0 Å². The van der Waals surface area contributed by atoms with E-state index in [1.54, 1.807) is 0 Å². The zero-order valence-electron chi connectivity index (χ0n) is 14.8. The number of fused-ring (bicyclic) bond motifs is 1. The SMILES string of the molecule is CC1CCCCC1NC(=O)CCNC(=O)c1ccc2ccccc2c1. The van der Waals surface area contributed by atoms with E-state index < -0.39 is 0 Å². The Balaban J connectivity index is 1.47. The second-order valence-electron chi connectivity index (χ2n) is 7.00. The first-order chi connectivity index (χ1) is 12.1. The van der Waals surface area contributed by atoms with Crippen LogP contribution in [0.15, 0.2) is 42.5 Å². The van der Waals surface area contributed by atoms with E-state index in [1.165, 1.54) is 19.3 Å². The summed E-state index contributed by atoms with van der Waals surface area (Å²) in [7, 11) is 0. The molecule has 1 aliphatic carbocycles. The summed E-state index contributed by atoms with van der Waals surface area (Å²) >= 11 is 0. The number of rotatable bonds is 5. The molecule has 0 heterocycles. The first-order valence-corrected chi connectivity index (χ1v) is 9.20. The summed E-state index contributed by atoms with van der Waals surface area (Å²) in [6.07, 6.45) is 5.02. The van der Waals surface area contributed by atoms with Crippen molar-refractivity contribution in [2.75, 3.05) is 6.54 Å². The molecule has 0 spiro atoms. The Bertz CT molecular complexity index is 756. The van der Waals surface area contributed by atoms with Gasteiger partial charge in [0.05, 0.1) is 0 Å². The van der Waals surface area contributed by atoms with E-state index >= 15 is 0 Å². The standard InChI is InChI=1S/C21H26N2O2/c1-15-6-2-5-9-19(15)23-20(24)12-13-22-21(25)18-11-10-16-7-3-4-8-17(16)14-18/h3-4,7-8,10-11,14-15,19H,2,5-6,9,12-13H2,1H3,(H,22,25)(H,23,24). The van der Waals surface area contributed by atoms with Crippen LogP contribution < -0.4 is 10.6 Å². The van der Waals surface area contributed by atoms with E-state index in [4.69, 9.17) is 0 Å². The van der Waals surface area contributed by atoms with Crippen LogP contribution in [0.4, 0.5) is 0 Å². The van der Waals surface area contributed by atoms with Crippen LogP contribution in [0.3, 0.4) is 0 Å². The number of hydrogen-bond acceptors (Lipinski definition) is 2. The molecule has 0 aliphatic heterocycles. The second kappa shape index (κ2) is 8.15. The zero-order chi connectivity index (χ0) is 17.6. The molecule has 1 fully saturated rings. The molecule has 132 valence electrons. The Morgan fingerprint density at radius 2 is 1.80 bits per heavy atom. The Labute approximate surface area is 149 Å². The van der Waals surface area contributed by atoms with E-state index in [9.17, 15) is 9.59 Å². The van der Waals surface area contributed by atoms with Crippen LogP contribution in [0, 0.1) is 5.92 Å². The zero-order valence-corrected chi connectivity index (χ0v) is 14.8. The van der Waals surface area contributed by atoms with E-state index in [0.717, 1.165) is 17.2 Å². The monoisotopic (exact) mass is 338 g/mol. The van der Waals surface area contributed by atoms with Crippen molar-refractivity contribution in [2.24, 2.45) is 5.92 Å². The first-order valence-electron chi connectivity index (χ1n) is 9.20. The van der Waals surface area contributed by atoms with Crippen LogP contribution in [-0.4, -0.2) is 24.4 Å². The van der Waals surface area contributed by atoms with Gasteiger partial charge in [0, 0.05) is 24.6 Å². The molecule has 1 aliphatic rings. The highest BCUT2D eigenvalue weighted by Crippen LogP contribution is 2.23. The summed E-state index contributed by atoms with van der Waals surface area (Å²) in [6.45, 7) is 2.56. The predicted octanol–water partition coefficient (Wildman–Crippen LogP) is 3.65. The van der Waals surface area contributed by atoms with Gasteiger partial charge in [-0.1, -0.05) is 50.1 Å². The molecule has 2 atom stereocenters. The topological polar surface area (TPSA) is 58.2 Å². The predicted molar refractivity (Wildman–Crippen MR) is 100 cm³/mol. The van der Waals surface area contributed by atoms with Gasteiger partial charge in [-0.25, -0.2) is 0 Å². The van der Waals surface area contributed by atoms with Gasteiger partial charge in [-0.2, -0.15) is 0 Å². The molecule has 1 saturated carbocycles. The summed E-state index contributed by atoms with van der Waals surface area (Å²) in [6, 6.07) is 13.9. The van der Waals surface area contributed by atoms with Crippen molar-refractivity contribution in [2.45, 2.75) is 45.1 Å². The van der Waals surface area contributed by atoms with Gasteiger partial charge >= 0.3 is 0 Å². The lowest BCUT2D eigenvalue weighted by atomic mass is 9.86. The lowest BCUT2D eigenvalue weighted by Crippen LogP contribution is -2.42. The molecular formula is C21H26N2O2. The molecule has 25 heavy (non-hydrogen) atoms. The molecular weight excluding hydrogens is 312 g/mol. The quantitative estimate of drug-likeness (QED) is 0.874. The van der Waals surface area contributed by atoms with E-state index in [2.05, 4.69) is 17.6 Å². The van der Waals surface area contributed by atoms with Crippen molar-refractivity contribution < 1.29 is 9.59 Å². The van der Waals surface area contributed by atoms with Crippen LogP contribution in [0.25, 0.3) is 10.8 Å². The smallest absolute Gasteiger partial charge is 0.251 e. The number of benzene rings is 2. The van der Waals surface area contributed by atoms with Crippen LogP contribution in [0.5, 0.6) is 0 Å². The number of hydrogen-bond donors (Lipinski definition) is 2. The van der Waals surface area contributed by atoms with E-state index in [0.29, 0.717) is 24.4 Å². The minimum absolute atomic E-state index is 0.0255. The normalized spacial score (nSPS) is 20.2. The van der Waals surface area contributed by atoms with E-state index in [-0.39, 0.29) is 17.9 Å². The minimum Gasteiger partial charge on any atom is -0.353 e. The van der Waals surface area contributed by atoms with Crippen LogP contribution in [0.1, 0.15) is 49.4 Å². The first kappa shape index (κ1) is 17.5. The van der Waals surface area contributed by atoms with Crippen molar-refractivity contribution in [1.82, 2.24) is 10.6 Å². The van der Waals surface area contributed by atoms with Crippen LogP contribution in [-0.2, 0) is 4.79 Å². The molecule has 2 unspecified atom stereocenters. The third-order valence-corrected chi connectivity index (χ3v) is 5.11. The van der Waals surface area contributed by atoms with Crippen molar-refractivity contribution in [3.8, 4) is 0 Å². The van der Waals surface area contributed by atoms with Crippen molar-refractivity contribution in [1.29, 1.82) is 0 Å². The lowest BCUT2D eigenvalue weighted by Gasteiger charge is -2.29. The van der Waals surface area contributed by atoms with Crippen LogP contribution >= 0.6 is 0 Å². The largest absolute Gasteiger partial charge is 0.353 e. The summed E-state index contributed by atoms with van der Waals surface area (Å²) in [5.41, 5.74) is 0.625. The number of nitrogens with one attached hydrogen (secondary N) is 2. The van der Waals surface area contributed by atoms with Gasteiger partial charge in [0.1, 0.15) is 0 Å². The van der Waals surface area contributed by atoms with Gasteiger partial charge in [-0.05, 0) is 41.7 Å². The third kappa shape index (κ3) is 4.59. The fourth-order valence-corrected chi connectivity index (χ4v) is 3.53. The van der Waals surface area contributed by atoms with Gasteiger partial charge < -0.3 is 10.6 Å². The third-order valence-electron chi connectivity index (χ3n) is 5.11. The Morgan fingerprint density at radius 3 is 2.60 bits per heavy atom. The molecule has 0 radical (unpaired) electrons. The summed E-state index contributed by atoms with van der Waals surface area (Å²) in [5, 5.41) is 8.11. The van der Waals surface area contributed by atoms with Gasteiger partial charge in [0.25, 0.3) is 5.91 Å². The van der Waals surface area contributed by atoms with Crippen molar-refractivity contribution >= 4 is 22.6 Å². The fourth-order valence-electron chi connectivity index (χ4n) is 3.53. The number of amides is 2. The highest BCUT2D eigenvalue weighted by atomic mass is 16.2. The average molecular weight is 338 g/mol. The Hall–Kier alpha value is -2.36. The molecule has 0 bridgehead atoms. The maximum Gasteiger partial charge on any atom is 0.251 e. The highest BCUT2D eigenvalue weighted by Gasteiger charge is 2.22. The maximum absolute atomic E-state index is 12.3. The highest BCUT2D eigenvalue weighted by molar-refractivity contribution is 5.98. The molecule has 4 heteroatoms. The van der Waals surface area contributed by atoms with Gasteiger partial charge in [0.2, 0.25) is 5.91 Å². The molecule has 2 aromatic carbocycles. The lowest BCUT2D eigenvalue weighted by molar-refractivity contribution is -0.122. The molecule has 4 nitrogen and oxygen atoms in total. The number of carbonyl (C=O) groups is 2. The van der Waals surface area contributed by atoms with E-state index in [1.807, 2.05) is 42.5 Å². The second-order valence-corrected chi connectivity index (χ2v) is 7.00. The average Bonchev–Trinajstić information content (AvgIpc) is 2.63. The summed E-state index contributed by atoms with van der Waals surface area (Å²) in [5.74, 6) is 0.437. The van der Waals surface area contributed by atoms with Crippen molar-refractivity contribution in [3.63, 3.8) is 0 Å². The molecule has 2 aromatic rings. The van der Waals surface area contributed by atoms with Gasteiger partial charge in [-0.3, -0.25) is 9.59 Å². The summed E-state index contributed by atoms with van der Waals surface area (Å²) in [4.78, 5) is 24.4. The van der Waals surface area contributed by atoms with Crippen molar-refractivity contribution in [3.05, 3.63) is 48.0 Å². The summed E-state index contributed by atoms with van der Waals surface area (Å²) < 4.78 is 0.